The molecule has 1 aromatic rings. The molecular formula is C14H21FN2O. The lowest BCUT2D eigenvalue weighted by Crippen LogP contribution is -2.44. The van der Waals surface area contributed by atoms with Gasteiger partial charge in [0.25, 0.3) is 0 Å². The zero-order valence-electron chi connectivity index (χ0n) is 10.9. The van der Waals surface area contributed by atoms with Crippen molar-refractivity contribution in [3.8, 4) is 5.75 Å². The monoisotopic (exact) mass is 252 g/mol. The summed E-state index contributed by atoms with van der Waals surface area (Å²) < 4.78 is 13.1. The Morgan fingerprint density at radius 3 is 2.61 bits per heavy atom. The van der Waals surface area contributed by atoms with Gasteiger partial charge in [-0.15, -0.1) is 0 Å². The van der Waals surface area contributed by atoms with Crippen molar-refractivity contribution in [3.05, 3.63) is 29.6 Å². The molecule has 0 saturated carbocycles. The number of aromatic hydroxyl groups is 1. The van der Waals surface area contributed by atoms with Crippen LogP contribution in [0.25, 0.3) is 0 Å². The minimum atomic E-state index is -0.521. The average Bonchev–Trinajstić information content (AvgIpc) is 2.36. The predicted molar refractivity (Wildman–Crippen MR) is 70.3 cm³/mol. The number of piperazine rings is 1. The molecule has 1 heterocycles. The molecule has 0 bridgehead atoms. The number of phenols is 1. The van der Waals surface area contributed by atoms with Gasteiger partial charge in [0.15, 0.2) is 11.6 Å². The van der Waals surface area contributed by atoms with Crippen LogP contribution in [0.2, 0.25) is 0 Å². The van der Waals surface area contributed by atoms with E-state index in [4.69, 9.17) is 5.11 Å². The summed E-state index contributed by atoms with van der Waals surface area (Å²) in [5.74, 6) is -0.787. The molecule has 0 spiro atoms. The molecule has 0 radical (unpaired) electrons. The fourth-order valence-corrected chi connectivity index (χ4v) is 2.28. The number of hydrogen-bond donors (Lipinski definition) is 1. The van der Waals surface area contributed by atoms with Gasteiger partial charge >= 0.3 is 0 Å². The zero-order chi connectivity index (χ0) is 13.0. The van der Waals surface area contributed by atoms with Gasteiger partial charge in [0.05, 0.1) is 0 Å². The van der Waals surface area contributed by atoms with Crippen LogP contribution in [0, 0.1) is 5.82 Å². The normalized spacial score (nSPS) is 18.1. The fraction of sp³-hybridized carbons (Fsp3) is 0.571. The number of halogens is 1. The topological polar surface area (TPSA) is 26.7 Å². The van der Waals surface area contributed by atoms with Crippen molar-refractivity contribution in [3.63, 3.8) is 0 Å². The van der Waals surface area contributed by atoms with Crippen LogP contribution >= 0.6 is 0 Å². The maximum absolute atomic E-state index is 13.1. The van der Waals surface area contributed by atoms with Crippen molar-refractivity contribution in [2.75, 3.05) is 39.8 Å². The average molecular weight is 252 g/mol. The molecule has 4 heteroatoms. The molecule has 100 valence electrons. The number of phenolic OH excluding ortho intramolecular Hbond substituents is 1. The van der Waals surface area contributed by atoms with Crippen molar-refractivity contribution < 1.29 is 9.50 Å². The van der Waals surface area contributed by atoms with Crippen LogP contribution in [0.3, 0.4) is 0 Å². The second-order valence-corrected chi connectivity index (χ2v) is 5.03. The number of likely N-dealkylation sites (N-methyl/N-ethyl adjacent to an activating group) is 1. The SMILES string of the molecule is CN1CCN(CCCc2ccc(O)c(F)c2)CC1. The Balaban J connectivity index is 1.73. The number of hydrogen-bond acceptors (Lipinski definition) is 3. The van der Waals surface area contributed by atoms with E-state index in [1.807, 2.05) is 0 Å². The molecule has 3 nitrogen and oxygen atoms in total. The molecule has 1 N–H and O–H groups in total. The minimum absolute atomic E-state index is 0.266. The number of rotatable bonds is 4. The molecule has 1 aromatic carbocycles. The Labute approximate surface area is 108 Å². The summed E-state index contributed by atoms with van der Waals surface area (Å²) in [4.78, 5) is 4.79. The second kappa shape index (κ2) is 6.16. The highest BCUT2D eigenvalue weighted by atomic mass is 19.1. The van der Waals surface area contributed by atoms with Gasteiger partial charge in [-0.05, 0) is 44.1 Å². The highest BCUT2D eigenvalue weighted by Gasteiger charge is 2.12. The summed E-state index contributed by atoms with van der Waals surface area (Å²) in [6.07, 6.45) is 1.90. The Morgan fingerprint density at radius 1 is 1.22 bits per heavy atom. The van der Waals surface area contributed by atoms with Gasteiger partial charge in [0.2, 0.25) is 0 Å². The molecule has 0 atom stereocenters. The summed E-state index contributed by atoms with van der Waals surface area (Å²) in [5.41, 5.74) is 0.958. The van der Waals surface area contributed by atoms with Crippen LogP contribution in [-0.2, 0) is 6.42 Å². The van der Waals surface area contributed by atoms with E-state index in [-0.39, 0.29) is 5.75 Å². The Hall–Kier alpha value is -1.13. The van der Waals surface area contributed by atoms with E-state index in [0.29, 0.717) is 0 Å². The summed E-state index contributed by atoms with van der Waals surface area (Å²) in [7, 11) is 2.15. The van der Waals surface area contributed by atoms with Crippen LogP contribution in [0.5, 0.6) is 5.75 Å². The van der Waals surface area contributed by atoms with Gasteiger partial charge in [-0.25, -0.2) is 4.39 Å². The third-order valence-electron chi connectivity index (χ3n) is 3.55. The van der Waals surface area contributed by atoms with Crippen LogP contribution in [0.1, 0.15) is 12.0 Å². The van der Waals surface area contributed by atoms with E-state index in [9.17, 15) is 4.39 Å². The summed E-state index contributed by atoms with van der Waals surface area (Å²) >= 11 is 0. The van der Waals surface area contributed by atoms with E-state index in [2.05, 4.69) is 16.8 Å². The van der Waals surface area contributed by atoms with Crippen LogP contribution < -0.4 is 0 Å². The molecular weight excluding hydrogens is 231 g/mol. The standard InChI is InChI=1S/C14H21FN2O/c1-16-7-9-17(10-8-16)6-2-3-12-4-5-14(18)13(15)11-12/h4-5,11,18H,2-3,6-10H2,1H3. The van der Waals surface area contributed by atoms with Gasteiger partial charge in [-0.2, -0.15) is 0 Å². The van der Waals surface area contributed by atoms with Gasteiger partial charge in [0.1, 0.15) is 0 Å². The molecule has 0 amide bonds. The molecule has 0 unspecified atom stereocenters. The third-order valence-corrected chi connectivity index (χ3v) is 3.55. The first-order valence-electron chi connectivity index (χ1n) is 6.53. The van der Waals surface area contributed by atoms with Crippen molar-refractivity contribution in [1.82, 2.24) is 9.80 Å². The van der Waals surface area contributed by atoms with Crippen molar-refractivity contribution >= 4 is 0 Å². The Morgan fingerprint density at radius 2 is 1.94 bits per heavy atom. The van der Waals surface area contributed by atoms with Crippen LogP contribution in [-0.4, -0.2) is 54.7 Å². The molecule has 18 heavy (non-hydrogen) atoms. The summed E-state index contributed by atoms with van der Waals surface area (Å²) in [6, 6.07) is 4.65. The lowest BCUT2D eigenvalue weighted by molar-refractivity contribution is 0.153. The number of benzene rings is 1. The van der Waals surface area contributed by atoms with E-state index in [1.165, 1.54) is 12.1 Å². The van der Waals surface area contributed by atoms with Gasteiger partial charge in [-0.1, -0.05) is 6.07 Å². The van der Waals surface area contributed by atoms with Crippen molar-refractivity contribution in [1.29, 1.82) is 0 Å². The lowest BCUT2D eigenvalue weighted by atomic mass is 10.1. The highest BCUT2D eigenvalue weighted by molar-refractivity contribution is 5.28. The van der Waals surface area contributed by atoms with Crippen molar-refractivity contribution in [2.24, 2.45) is 0 Å². The molecule has 1 saturated heterocycles. The first-order valence-corrected chi connectivity index (χ1v) is 6.53. The van der Waals surface area contributed by atoms with Crippen LogP contribution in [0.4, 0.5) is 4.39 Å². The maximum Gasteiger partial charge on any atom is 0.165 e. The summed E-state index contributed by atoms with van der Waals surface area (Å²) in [5, 5.41) is 9.11. The maximum atomic E-state index is 13.1. The predicted octanol–water partition coefficient (Wildman–Crippen LogP) is 1.71. The Kier molecular flexibility index (Phi) is 4.55. The quantitative estimate of drug-likeness (QED) is 0.883. The highest BCUT2D eigenvalue weighted by Crippen LogP contribution is 2.17. The van der Waals surface area contributed by atoms with Crippen LogP contribution in [0.15, 0.2) is 18.2 Å². The molecule has 2 rings (SSSR count). The molecule has 0 aliphatic carbocycles. The first kappa shape index (κ1) is 13.3. The number of nitrogens with zero attached hydrogens (tertiary/aromatic N) is 2. The van der Waals surface area contributed by atoms with E-state index >= 15 is 0 Å². The smallest absolute Gasteiger partial charge is 0.165 e. The zero-order valence-corrected chi connectivity index (χ0v) is 10.9. The molecule has 1 aliphatic rings. The minimum Gasteiger partial charge on any atom is -0.505 e. The van der Waals surface area contributed by atoms with Crippen molar-refractivity contribution in [2.45, 2.75) is 12.8 Å². The number of aryl methyl sites for hydroxylation is 1. The van der Waals surface area contributed by atoms with Gasteiger partial charge in [0, 0.05) is 26.2 Å². The lowest BCUT2D eigenvalue weighted by Gasteiger charge is -2.32. The second-order valence-electron chi connectivity index (χ2n) is 5.03. The van der Waals surface area contributed by atoms with E-state index < -0.39 is 5.82 Å². The van der Waals surface area contributed by atoms with E-state index in [1.54, 1.807) is 6.07 Å². The third kappa shape index (κ3) is 3.68. The molecule has 1 aliphatic heterocycles. The first-order chi connectivity index (χ1) is 8.65. The fourth-order valence-electron chi connectivity index (χ4n) is 2.28. The molecule has 1 fully saturated rings. The van der Waals surface area contributed by atoms with Gasteiger partial charge in [-0.3, -0.25) is 0 Å². The Bertz CT molecular complexity index is 389. The largest absolute Gasteiger partial charge is 0.505 e. The summed E-state index contributed by atoms with van der Waals surface area (Å²) in [6.45, 7) is 5.58. The van der Waals surface area contributed by atoms with E-state index in [0.717, 1.165) is 51.1 Å². The molecule has 0 aromatic heterocycles. The van der Waals surface area contributed by atoms with Gasteiger partial charge < -0.3 is 14.9 Å².